The van der Waals surface area contributed by atoms with Crippen molar-refractivity contribution in [1.29, 1.82) is 0 Å². The summed E-state index contributed by atoms with van der Waals surface area (Å²) in [7, 11) is 0. The summed E-state index contributed by atoms with van der Waals surface area (Å²) in [5, 5.41) is 3.46. The predicted molar refractivity (Wildman–Crippen MR) is 80.5 cm³/mol. The molecule has 1 saturated heterocycles. The van der Waals surface area contributed by atoms with Crippen molar-refractivity contribution in [2.75, 3.05) is 19.6 Å². The fourth-order valence-electron chi connectivity index (χ4n) is 3.38. The number of nitrogens with one attached hydrogen (secondary N) is 1. The van der Waals surface area contributed by atoms with Crippen molar-refractivity contribution in [3.8, 4) is 0 Å². The minimum atomic E-state index is 0.395. The topological polar surface area (TPSA) is 41.1 Å². The van der Waals surface area contributed by atoms with Gasteiger partial charge in [0.05, 0.1) is 17.4 Å². The molecule has 0 amide bonds. The molecule has 1 aromatic rings. The SMILES string of the molecule is Cc1nccnc1C(C)N(CC1CCNCC1)C1CC1. The molecule has 0 spiro atoms. The molecule has 4 nitrogen and oxygen atoms in total. The highest BCUT2D eigenvalue weighted by molar-refractivity contribution is 5.14. The van der Waals surface area contributed by atoms with Gasteiger partial charge in [-0.05, 0) is 58.5 Å². The Morgan fingerprint density at radius 2 is 1.90 bits per heavy atom. The lowest BCUT2D eigenvalue weighted by Gasteiger charge is -2.34. The molecule has 1 aliphatic carbocycles. The zero-order valence-corrected chi connectivity index (χ0v) is 12.7. The zero-order chi connectivity index (χ0) is 13.9. The second-order valence-corrected chi connectivity index (χ2v) is 6.32. The maximum atomic E-state index is 4.59. The van der Waals surface area contributed by atoms with Crippen LogP contribution in [-0.2, 0) is 0 Å². The van der Waals surface area contributed by atoms with Gasteiger partial charge in [-0.1, -0.05) is 0 Å². The summed E-state index contributed by atoms with van der Waals surface area (Å²) in [5.74, 6) is 0.844. The van der Waals surface area contributed by atoms with E-state index < -0.39 is 0 Å². The Bertz CT molecular complexity index is 438. The third kappa shape index (κ3) is 3.18. The van der Waals surface area contributed by atoms with E-state index in [0.717, 1.165) is 23.3 Å². The van der Waals surface area contributed by atoms with Crippen molar-refractivity contribution in [3.63, 3.8) is 0 Å². The molecule has 1 unspecified atom stereocenters. The van der Waals surface area contributed by atoms with Crippen LogP contribution in [0.25, 0.3) is 0 Å². The molecule has 1 N–H and O–H groups in total. The lowest BCUT2D eigenvalue weighted by atomic mass is 9.96. The Kier molecular flexibility index (Phi) is 4.32. The highest BCUT2D eigenvalue weighted by Crippen LogP contribution is 2.35. The monoisotopic (exact) mass is 274 g/mol. The number of piperidine rings is 1. The standard InChI is InChI=1S/C16H26N4/c1-12-16(19-10-9-18-12)13(2)20(15-3-4-15)11-14-5-7-17-8-6-14/h9-10,13-15,17H,3-8,11H2,1-2H3. The molecule has 0 radical (unpaired) electrons. The average molecular weight is 274 g/mol. The molecule has 1 atom stereocenters. The van der Waals surface area contributed by atoms with E-state index >= 15 is 0 Å². The fraction of sp³-hybridized carbons (Fsp3) is 0.750. The van der Waals surface area contributed by atoms with Crippen LogP contribution in [0.3, 0.4) is 0 Å². The van der Waals surface area contributed by atoms with Gasteiger partial charge in [-0.15, -0.1) is 0 Å². The van der Waals surface area contributed by atoms with E-state index in [1.165, 1.54) is 45.3 Å². The lowest BCUT2D eigenvalue weighted by Crippen LogP contribution is -2.39. The normalized spacial score (nSPS) is 22.1. The molecule has 3 rings (SSSR count). The Hall–Kier alpha value is -1.00. The summed E-state index contributed by atoms with van der Waals surface area (Å²) >= 11 is 0. The van der Waals surface area contributed by atoms with Crippen LogP contribution in [0.5, 0.6) is 0 Å². The predicted octanol–water partition coefficient (Wildman–Crippen LogP) is 2.31. The van der Waals surface area contributed by atoms with Gasteiger partial charge >= 0.3 is 0 Å². The number of aryl methyl sites for hydroxylation is 1. The van der Waals surface area contributed by atoms with Crippen LogP contribution in [0, 0.1) is 12.8 Å². The van der Waals surface area contributed by atoms with Crippen molar-refractivity contribution in [2.45, 2.75) is 51.6 Å². The summed E-state index contributed by atoms with van der Waals surface area (Å²) in [6, 6.07) is 1.17. The van der Waals surface area contributed by atoms with Gasteiger partial charge in [0.1, 0.15) is 0 Å². The third-order valence-corrected chi connectivity index (χ3v) is 4.76. The first kappa shape index (κ1) is 14.0. The minimum Gasteiger partial charge on any atom is -0.317 e. The number of nitrogens with zero attached hydrogens (tertiary/aromatic N) is 3. The fourth-order valence-corrected chi connectivity index (χ4v) is 3.38. The smallest absolute Gasteiger partial charge is 0.0784 e. The van der Waals surface area contributed by atoms with E-state index in [0.29, 0.717) is 6.04 Å². The Morgan fingerprint density at radius 1 is 1.20 bits per heavy atom. The van der Waals surface area contributed by atoms with E-state index in [-0.39, 0.29) is 0 Å². The van der Waals surface area contributed by atoms with E-state index in [2.05, 4.69) is 34.0 Å². The number of hydrogen-bond donors (Lipinski definition) is 1. The van der Waals surface area contributed by atoms with Crippen molar-refractivity contribution in [2.24, 2.45) is 5.92 Å². The number of hydrogen-bond acceptors (Lipinski definition) is 4. The van der Waals surface area contributed by atoms with Crippen LogP contribution in [0.2, 0.25) is 0 Å². The molecule has 0 bridgehead atoms. The van der Waals surface area contributed by atoms with E-state index in [1.807, 2.05) is 6.20 Å². The highest BCUT2D eigenvalue weighted by Gasteiger charge is 2.35. The second kappa shape index (κ2) is 6.19. The van der Waals surface area contributed by atoms with E-state index in [9.17, 15) is 0 Å². The number of rotatable bonds is 5. The van der Waals surface area contributed by atoms with Crippen molar-refractivity contribution in [3.05, 3.63) is 23.8 Å². The van der Waals surface area contributed by atoms with Gasteiger partial charge in [0, 0.05) is 25.0 Å². The molecular weight excluding hydrogens is 248 g/mol. The van der Waals surface area contributed by atoms with Gasteiger partial charge in [-0.25, -0.2) is 0 Å². The quantitative estimate of drug-likeness (QED) is 0.894. The first-order valence-electron chi connectivity index (χ1n) is 7.99. The molecule has 4 heteroatoms. The van der Waals surface area contributed by atoms with Gasteiger partial charge in [-0.3, -0.25) is 14.9 Å². The van der Waals surface area contributed by atoms with Crippen molar-refractivity contribution < 1.29 is 0 Å². The molecule has 2 heterocycles. The Balaban J connectivity index is 1.71. The van der Waals surface area contributed by atoms with E-state index in [4.69, 9.17) is 0 Å². The van der Waals surface area contributed by atoms with Crippen LogP contribution >= 0.6 is 0 Å². The first-order chi connectivity index (χ1) is 9.75. The third-order valence-electron chi connectivity index (χ3n) is 4.76. The largest absolute Gasteiger partial charge is 0.317 e. The maximum Gasteiger partial charge on any atom is 0.0784 e. The maximum absolute atomic E-state index is 4.59. The molecule has 2 aliphatic rings. The van der Waals surface area contributed by atoms with E-state index in [1.54, 1.807) is 6.20 Å². The van der Waals surface area contributed by atoms with Gasteiger partial charge in [0.25, 0.3) is 0 Å². The van der Waals surface area contributed by atoms with Gasteiger partial charge in [-0.2, -0.15) is 0 Å². The molecule has 2 fully saturated rings. The van der Waals surface area contributed by atoms with Crippen LogP contribution in [0.1, 0.15) is 50.0 Å². The molecule has 20 heavy (non-hydrogen) atoms. The average Bonchev–Trinajstić information content (AvgIpc) is 3.30. The van der Waals surface area contributed by atoms with Crippen molar-refractivity contribution >= 4 is 0 Å². The van der Waals surface area contributed by atoms with Crippen molar-refractivity contribution in [1.82, 2.24) is 20.2 Å². The Labute approximate surface area is 122 Å². The summed E-state index contributed by atoms with van der Waals surface area (Å²) in [4.78, 5) is 11.7. The Morgan fingerprint density at radius 3 is 2.55 bits per heavy atom. The summed E-state index contributed by atoms with van der Waals surface area (Å²) in [6.45, 7) is 7.97. The second-order valence-electron chi connectivity index (χ2n) is 6.32. The van der Waals surface area contributed by atoms with Crippen LogP contribution < -0.4 is 5.32 Å². The van der Waals surface area contributed by atoms with Gasteiger partial charge in [0.2, 0.25) is 0 Å². The summed E-state index contributed by atoms with van der Waals surface area (Å²) in [6.07, 6.45) is 8.96. The molecular formula is C16H26N4. The molecule has 1 aliphatic heterocycles. The summed E-state index contributed by atoms with van der Waals surface area (Å²) in [5.41, 5.74) is 2.24. The van der Waals surface area contributed by atoms with Crippen LogP contribution in [0.15, 0.2) is 12.4 Å². The van der Waals surface area contributed by atoms with Crippen LogP contribution in [0.4, 0.5) is 0 Å². The highest BCUT2D eigenvalue weighted by atomic mass is 15.2. The van der Waals surface area contributed by atoms with Crippen LogP contribution in [-0.4, -0.2) is 40.5 Å². The summed E-state index contributed by atoms with van der Waals surface area (Å²) < 4.78 is 0. The minimum absolute atomic E-state index is 0.395. The number of aromatic nitrogens is 2. The molecule has 1 aromatic heterocycles. The lowest BCUT2D eigenvalue weighted by molar-refractivity contribution is 0.149. The van der Waals surface area contributed by atoms with Gasteiger partial charge < -0.3 is 5.32 Å². The first-order valence-corrected chi connectivity index (χ1v) is 7.99. The molecule has 110 valence electrons. The van der Waals surface area contributed by atoms with Gasteiger partial charge in [0.15, 0.2) is 0 Å². The molecule has 1 saturated carbocycles. The molecule has 0 aromatic carbocycles. The zero-order valence-electron chi connectivity index (χ0n) is 12.7.